The Morgan fingerprint density at radius 1 is 1.04 bits per heavy atom. The number of ether oxygens (including phenoxy) is 1. The molecule has 0 aliphatic heterocycles. The predicted octanol–water partition coefficient (Wildman–Crippen LogP) is 2.92. The predicted molar refractivity (Wildman–Crippen MR) is 96.5 cm³/mol. The van der Waals surface area contributed by atoms with Crippen molar-refractivity contribution in [3.63, 3.8) is 0 Å². The molecule has 2 N–H and O–H groups in total. The van der Waals surface area contributed by atoms with Crippen LogP contribution in [0.1, 0.15) is 17.5 Å². The summed E-state index contributed by atoms with van der Waals surface area (Å²) in [7, 11) is 1.60. The van der Waals surface area contributed by atoms with E-state index in [1.807, 2.05) is 24.3 Å². The topological polar surface area (TPSA) is 77.0 Å². The Kier molecular flexibility index (Phi) is 6.83. The summed E-state index contributed by atoms with van der Waals surface area (Å²) < 4.78 is 17.9. The van der Waals surface area contributed by atoms with Gasteiger partial charge in [-0.3, -0.25) is 14.8 Å². The van der Waals surface area contributed by atoms with Gasteiger partial charge in [-0.05, 0) is 35.4 Å². The van der Waals surface area contributed by atoms with Gasteiger partial charge in [-0.25, -0.2) is 4.39 Å². The minimum atomic E-state index is -0.297. The number of carbonyl (C=O) groups is 1. The monoisotopic (exact) mass is 341 g/mol. The second kappa shape index (κ2) is 9.32. The van der Waals surface area contributed by atoms with Gasteiger partial charge in [0.25, 0.3) is 0 Å². The molecule has 0 fully saturated rings. The maximum Gasteiger partial charge on any atom is 0.164 e. The minimum absolute atomic E-state index is 0.181. The van der Waals surface area contributed by atoms with Gasteiger partial charge in [-0.15, -0.1) is 0 Å². The Morgan fingerprint density at radius 2 is 1.60 bits per heavy atom. The maximum atomic E-state index is 12.8. The number of aliphatic imine (C=N–C) groups is 2. The quantitative estimate of drug-likeness (QED) is 0.456. The molecule has 0 spiro atoms. The lowest BCUT2D eigenvalue weighted by atomic mass is 10.2. The number of nitrogens with two attached hydrogens (primary N) is 1. The number of carbonyl (C=O) groups excluding carboxylic acids is 1. The Morgan fingerprint density at radius 3 is 2.16 bits per heavy atom. The van der Waals surface area contributed by atoms with Crippen LogP contribution >= 0.6 is 0 Å². The molecule has 0 saturated heterocycles. The molecule has 0 unspecified atom stereocenters. The van der Waals surface area contributed by atoms with Crippen molar-refractivity contribution in [3.8, 4) is 5.75 Å². The number of amidine groups is 1. The minimum Gasteiger partial charge on any atom is -0.497 e. The maximum absolute atomic E-state index is 12.8. The van der Waals surface area contributed by atoms with E-state index in [1.165, 1.54) is 12.1 Å². The fourth-order valence-corrected chi connectivity index (χ4v) is 2.08. The number of halogens is 1. The number of hydrogen-bond acceptors (Lipinski definition) is 4. The lowest BCUT2D eigenvalue weighted by Gasteiger charge is -2.03. The molecule has 25 heavy (non-hydrogen) atoms. The van der Waals surface area contributed by atoms with Gasteiger partial charge < -0.3 is 10.5 Å². The molecule has 5 nitrogen and oxygen atoms in total. The average molecular weight is 341 g/mol. The molecule has 6 heteroatoms. The van der Waals surface area contributed by atoms with E-state index in [9.17, 15) is 9.18 Å². The number of methoxy groups -OCH3 is 1. The standard InChI is InChI=1S/C19H20FN3O2/c1-25-18-8-4-15(5-9-18)11-22-17(13-24)10-19(21)23-12-14-2-6-16(20)7-3-14/h2-9,13H,10-12H2,1H3,(H2,21,23). The van der Waals surface area contributed by atoms with Crippen molar-refractivity contribution in [3.05, 3.63) is 65.5 Å². The molecule has 2 rings (SSSR count). The van der Waals surface area contributed by atoms with Crippen molar-refractivity contribution in [2.24, 2.45) is 15.7 Å². The van der Waals surface area contributed by atoms with E-state index in [0.29, 0.717) is 30.9 Å². The van der Waals surface area contributed by atoms with Gasteiger partial charge in [0.1, 0.15) is 17.4 Å². The lowest BCUT2D eigenvalue weighted by Crippen LogP contribution is -2.18. The van der Waals surface area contributed by atoms with Gasteiger partial charge in [0, 0.05) is 6.42 Å². The van der Waals surface area contributed by atoms with Crippen LogP contribution in [0, 0.1) is 5.82 Å². The molecule has 0 atom stereocenters. The van der Waals surface area contributed by atoms with Crippen LogP contribution in [0.15, 0.2) is 58.5 Å². The zero-order chi connectivity index (χ0) is 18.1. The third kappa shape index (κ3) is 6.18. The summed E-state index contributed by atoms with van der Waals surface area (Å²) >= 11 is 0. The second-order valence-electron chi connectivity index (χ2n) is 5.38. The lowest BCUT2D eigenvalue weighted by molar-refractivity contribution is -0.102. The molecule has 0 saturated carbocycles. The molecule has 0 bridgehead atoms. The van der Waals surface area contributed by atoms with E-state index in [2.05, 4.69) is 9.98 Å². The van der Waals surface area contributed by atoms with Crippen LogP contribution in [-0.4, -0.2) is 24.9 Å². The SMILES string of the molecule is COc1ccc(CN=C(C=O)CC(N)=NCc2ccc(F)cc2)cc1. The fraction of sp³-hybridized carbons (Fsp3) is 0.211. The number of benzene rings is 2. The van der Waals surface area contributed by atoms with E-state index in [4.69, 9.17) is 10.5 Å². The van der Waals surface area contributed by atoms with Crippen LogP contribution < -0.4 is 10.5 Å². The molecular formula is C19H20FN3O2. The fourth-order valence-electron chi connectivity index (χ4n) is 2.08. The summed E-state index contributed by atoms with van der Waals surface area (Å²) in [5.74, 6) is 0.778. The van der Waals surface area contributed by atoms with Gasteiger partial charge in [0.2, 0.25) is 0 Å². The van der Waals surface area contributed by atoms with E-state index < -0.39 is 0 Å². The molecule has 130 valence electrons. The molecule has 2 aromatic carbocycles. The first kappa shape index (κ1) is 18.3. The van der Waals surface area contributed by atoms with Gasteiger partial charge in [-0.2, -0.15) is 0 Å². The zero-order valence-corrected chi connectivity index (χ0v) is 14.0. The largest absolute Gasteiger partial charge is 0.497 e. The van der Waals surface area contributed by atoms with Crippen LogP contribution in [0.4, 0.5) is 4.39 Å². The van der Waals surface area contributed by atoms with Gasteiger partial charge in [-0.1, -0.05) is 24.3 Å². The highest BCUT2D eigenvalue weighted by Gasteiger charge is 2.02. The van der Waals surface area contributed by atoms with Gasteiger partial charge in [0.15, 0.2) is 6.29 Å². The molecule has 0 aromatic heterocycles. The van der Waals surface area contributed by atoms with Crippen LogP contribution in [0.2, 0.25) is 0 Å². The van der Waals surface area contributed by atoms with E-state index in [0.717, 1.165) is 16.9 Å². The smallest absolute Gasteiger partial charge is 0.164 e. The number of nitrogens with zero attached hydrogens (tertiary/aromatic N) is 2. The average Bonchev–Trinajstić information content (AvgIpc) is 2.65. The third-order valence-corrected chi connectivity index (χ3v) is 3.50. The number of rotatable bonds is 8. The summed E-state index contributed by atoms with van der Waals surface area (Å²) in [6.07, 6.45) is 0.866. The summed E-state index contributed by atoms with van der Waals surface area (Å²) in [5.41, 5.74) is 7.98. The van der Waals surface area contributed by atoms with Crippen molar-refractivity contribution in [2.45, 2.75) is 19.5 Å². The summed E-state index contributed by atoms with van der Waals surface area (Å²) in [6.45, 7) is 0.708. The van der Waals surface area contributed by atoms with Crippen molar-refractivity contribution in [2.75, 3.05) is 7.11 Å². The van der Waals surface area contributed by atoms with Crippen LogP contribution in [-0.2, 0) is 17.9 Å². The van der Waals surface area contributed by atoms with Crippen LogP contribution in [0.25, 0.3) is 0 Å². The molecule has 0 amide bonds. The molecule has 0 radical (unpaired) electrons. The molecular weight excluding hydrogens is 321 g/mol. The molecule has 2 aromatic rings. The van der Waals surface area contributed by atoms with Crippen LogP contribution in [0.5, 0.6) is 5.75 Å². The zero-order valence-electron chi connectivity index (χ0n) is 14.0. The Bertz CT molecular complexity index is 753. The third-order valence-electron chi connectivity index (χ3n) is 3.50. The first-order valence-corrected chi connectivity index (χ1v) is 7.75. The van der Waals surface area contributed by atoms with Crippen molar-refractivity contribution in [1.29, 1.82) is 0 Å². The number of aldehydes is 1. The summed E-state index contributed by atoms with van der Waals surface area (Å²) in [4.78, 5) is 19.6. The van der Waals surface area contributed by atoms with Crippen molar-refractivity contribution in [1.82, 2.24) is 0 Å². The van der Waals surface area contributed by atoms with Gasteiger partial charge >= 0.3 is 0 Å². The van der Waals surface area contributed by atoms with E-state index in [-0.39, 0.29) is 12.2 Å². The first-order valence-electron chi connectivity index (χ1n) is 7.75. The molecule has 0 heterocycles. The summed E-state index contributed by atoms with van der Waals surface area (Å²) in [6, 6.07) is 13.5. The Hall–Kier alpha value is -3.02. The van der Waals surface area contributed by atoms with Crippen molar-refractivity contribution >= 4 is 17.8 Å². The Labute approximate surface area is 146 Å². The van der Waals surface area contributed by atoms with E-state index >= 15 is 0 Å². The highest BCUT2D eigenvalue weighted by Crippen LogP contribution is 2.12. The molecule has 0 aliphatic carbocycles. The normalized spacial score (nSPS) is 12.1. The highest BCUT2D eigenvalue weighted by molar-refractivity contribution is 6.32. The second-order valence-corrected chi connectivity index (χ2v) is 5.38. The van der Waals surface area contributed by atoms with Crippen molar-refractivity contribution < 1.29 is 13.9 Å². The number of hydrogen-bond donors (Lipinski definition) is 1. The summed E-state index contributed by atoms with van der Waals surface area (Å²) in [5, 5.41) is 0. The first-order chi connectivity index (χ1) is 12.1. The van der Waals surface area contributed by atoms with Crippen LogP contribution in [0.3, 0.4) is 0 Å². The molecule has 0 aliphatic rings. The highest BCUT2D eigenvalue weighted by atomic mass is 19.1. The Balaban J connectivity index is 1.93. The van der Waals surface area contributed by atoms with Gasteiger partial charge in [0.05, 0.1) is 25.9 Å². The van der Waals surface area contributed by atoms with E-state index in [1.54, 1.807) is 19.2 Å².